The van der Waals surface area contributed by atoms with Crippen LogP contribution in [-0.4, -0.2) is 26.3 Å². The van der Waals surface area contributed by atoms with Crippen LogP contribution in [0.5, 0.6) is 28.7 Å². The summed E-state index contributed by atoms with van der Waals surface area (Å²) in [5, 5.41) is 13.6. The van der Waals surface area contributed by atoms with Crippen molar-refractivity contribution >= 4 is 22.4 Å². The first-order valence-corrected chi connectivity index (χ1v) is 9.80. The van der Waals surface area contributed by atoms with Gasteiger partial charge in [-0.15, -0.1) is 0 Å². The van der Waals surface area contributed by atoms with Crippen LogP contribution in [0.25, 0.3) is 10.9 Å². The molecule has 32 heavy (non-hydrogen) atoms. The van der Waals surface area contributed by atoms with Gasteiger partial charge in [0.2, 0.25) is 0 Å². The first kappa shape index (κ1) is 20.8. The number of nitrogens with zero attached hydrogens (tertiary/aromatic N) is 2. The second-order valence-corrected chi connectivity index (χ2v) is 6.80. The minimum atomic E-state index is 0.416. The van der Waals surface area contributed by atoms with Gasteiger partial charge in [0.25, 0.3) is 0 Å². The number of fused-ring (bicyclic) bond motifs is 1. The summed E-state index contributed by atoms with van der Waals surface area (Å²) in [6, 6.07) is 22.4. The Morgan fingerprint density at radius 3 is 2.09 bits per heavy atom. The molecular weight excluding hydrogens is 406 g/mol. The number of rotatable bonds is 7. The maximum atomic E-state index is 9.62. The average molecular weight is 427 g/mol. The van der Waals surface area contributed by atoms with Crippen molar-refractivity contribution in [2.45, 2.75) is 0 Å². The monoisotopic (exact) mass is 427 g/mol. The molecule has 4 rings (SSSR count). The SMILES string of the molecule is COc1cc2cc(C#N)c(Nc3ccc(Oc4ccccc4OC)cc3)nc2cc1OC. The summed E-state index contributed by atoms with van der Waals surface area (Å²) in [6.07, 6.45) is 0. The van der Waals surface area contributed by atoms with Crippen molar-refractivity contribution in [1.82, 2.24) is 4.98 Å². The highest BCUT2D eigenvalue weighted by atomic mass is 16.5. The Balaban J connectivity index is 1.60. The van der Waals surface area contributed by atoms with Crippen LogP contribution in [0, 0.1) is 11.3 Å². The van der Waals surface area contributed by atoms with E-state index in [1.165, 1.54) is 0 Å². The maximum absolute atomic E-state index is 9.62. The second-order valence-electron chi connectivity index (χ2n) is 6.80. The van der Waals surface area contributed by atoms with Crippen LogP contribution in [-0.2, 0) is 0 Å². The van der Waals surface area contributed by atoms with Crippen LogP contribution in [0.4, 0.5) is 11.5 Å². The summed E-state index contributed by atoms with van der Waals surface area (Å²) in [5.41, 5.74) is 1.86. The molecule has 0 saturated carbocycles. The van der Waals surface area contributed by atoms with Crippen LogP contribution in [0.3, 0.4) is 0 Å². The predicted octanol–water partition coefficient (Wildman–Crippen LogP) is 5.67. The lowest BCUT2D eigenvalue weighted by molar-refractivity contribution is 0.356. The van der Waals surface area contributed by atoms with Crippen molar-refractivity contribution < 1.29 is 18.9 Å². The first-order valence-electron chi connectivity index (χ1n) is 9.80. The van der Waals surface area contributed by atoms with Gasteiger partial charge in [0.15, 0.2) is 23.0 Å². The van der Waals surface area contributed by atoms with Gasteiger partial charge >= 0.3 is 0 Å². The molecule has 1 N–H and O–H groups in total. The highest BCUT2D eigenvalue weighted by Crippen LogP contribution is 2.34. The van der Waals surface area contributed by atoms with Crippen LogP contribution < -0.4 is 24.3 Å². The third-order valence-corrected chi connectivity index (χ3v) is 4.85. The molecule has 0 aliphatic rings. The standard InChI is InChI=1S/C25H21N3O4/c1-29-21-6-4-5-7-22(21)32-19-10-8-18(9-11-19)27-25-17(15-26)12-16-13-23(30-2)24(31-3)14-20(16)28-25/h4-14H,1-3H3,(H,27,28). The number of benzene rings is 3. The Morgan fingerprint density at radius 1 is 0.781 bits per heavy atom. The van der Waals surface area contributed by atoms with Gasteiger partial charge < -0.3 is 24.3 Å². The normalized spacial score (nSPS) is 10.3. The Kier molecular flexibility index (Phi) is 5.95. The second kappa shape index (κ2) is 9.14. The molecule has 0 atom stereocenters. The Labute approximate surface area is 185 Å². The lowest BCUT2D eigenvalue weighted by Gasteiger charge is -2.13. The maximum Gasteiger partial charge on any atom is 0.169 e. The Bertz CT molecular complexity index is 1300. The Hall–Kier alpha value is -4.44. The largest absolute Gasteiger partial charge is 0.493 e. The molecule has 0 amide bonds. The van der Waals surface area contributed by atoms with E-state index in [1.807, 2.05) is 48.5 Å². The highest BCUT2D eigenvalue weighted by Gasteiger charge is 2.12. The smallest absolute Gasteiger partial charge is 0.169 e. The van der Waals surface area contributed by atoms with E-state index in [2.05, 4.69) is 16.4 Å². The summed E-state index contributed by atoms with van der Waals surface area (Å²) in [4.78, 5) is 4.62. The molecule has 1 aromatic heterocycles. The van der Waals surface area contributed by atoms with E-state index in [1.54, 1.807) is 39.5 Å². The molecule has 160 valence electrons. The number of methoxy groups -OCH3 is 3. The average Bonchev–Trinajstić information content (AvgIpc) is 2.84. The first-order chi connectivity index (χ1) is 15.6. The number of pyridine rings is 1. The molecule has 0 saturated heterocycles. The zero-order chi connectivity index (χ0) is 22.5. The number of aromatic nitrogens is 1. The van der Waals surface area contributed by atoms with Gasteiger partial charge in [-0.1, -0.05) is 12.1 Å². The van der Waals surface area contributed by atoms with E-state index in [-0.39, 0.29) is 0 Å². The molecule has 7 heteroatoms. The molecule has 0 spiro atoms. The van der Waals surface area contributed by atoms with Crippen molar-refractivity contribution in [3.63, 3.8) is 0 Å². The van der Waals surface area contributed by atoms with Gasteiger partial charge in [-0.05, 0) is 48.5 Å². The number of ether oxygens (including phenoxy) is 4. The summed E-state index contributed by atoms with van der Waals surface area (Å²) < 4.78 is 21.9. The number of anilines is 2. The van der Waals surface area contributed by atoms with E-state index >= 15 is 0 Å². The molecular formula is C25H21N3O4. The summed E-state index contributed by atoms with van der Waals surface area (Å²) >= 11 is 0. The van der Waals surface area contributed by atoms with Crippen molar-refractivity contribution in [1.29, 1.82) is 5.26 Å². The minimum Gasteiger partial charge on any atom is -0.493 e. The van der Waals surface area contributed by atoms with Crippen molar-refractivity contribution in [2.24, 2.45) is 0 Å². The van der Waals surface area contributed by atoms with Crippen LogP contribution in [0.2, 0.25) is 0 Å². The van der Waals surface area contributed by atoms with Crippen molar-refractivity contribution in [2.75, 3.05) is 26.6 Å². The van der Waals surface area contributed by atoms with Crippen LogP contribution >= 0.6 is 0 Å². The third kappa shape index (κ3) is 4.20. The zero-order valence-electron chi connectivity index (χ0n) is 17.9. The van der Waals surface area contributed by atoms with Gasteiger partial charge in [0.1, 0.15) is 17.6 Å². The number of nitriles is 1. The van der Waals surface area contributed by atoms with E-state index in [4.69, 9.17) is 18.9 Å². The van der Waals surface area contributed by atoms with Crippen LogP contribution in [0.1, 0.15) is 5.56 Å². The molecule has 7 nitrogen and oxygen atoms in total. The summed E-state index contributed by atoms with van der Waals surface area (Å²) in [6.45, 7) is 0. The van der Waals surface area contributed by atoms with E-state index in [0.717, 1.165) is 11.1 Å². The highest BCUT2D eigenvalue weighted by molar-refractivity contribution is 5.87. The molecule has 0 fully saturated rings. The number of para-hydroxylation sites is 2. The molecule has 0 bridgehead atoms. The van der Waals surface area contributed by atoms with Gasteiger partial charge in [0.05, 0.1) is 32.4 Å². The molecule has 0 unspecified atom stereocenters. The van der Waals surface area contributed by atoms with Gasteiger partial charge in [0, 0.05) is 17.1 Å². The molecule has 0 aliphatic heterocycles. The number of hydrogen-bond donors (Lipinski definition) is 1. The van der Waals surface area contributed by atoms with Gasteiger partial charge in [-0.25, -0.2) is 4.98 Å². The van der Waals surface area contributed by atoms with Crippen molar-refractivity contribution in [3.05, 3.63) is 72.3 Å². The molecule has 0 radical (unpaired) electrons. The fraction of sp³-hybridized carbons (Fsp3) is 0.120. The molecule has 1 heterocycles. The third-order valence-electron chi connectivity index (χ3n) is 4.85. The fourth-order valence-electron chi connectivity index (χ4n) is 3.25. The number of nitrogens with one attached hydrogen (secondary N) is 1. The molecule has 0 aliphatic carbocycles. The topological polar surface area (TPSA) is 85.6 Å². The predicted molar refractivity (Wildman–Crippen MR) is 122 cm³/mol. The van der Waals surface area contributed by atoms with E-state index in [0.29, 0.717) is 45.6 Å². The number of hydrogen-bond acceptors (Lipinski definition) is 7. The minimum absolute atomic E-state index is 0.416. The van der Waals surface area contributed by atoms with Crippen LogP contribution in [0.15, 0.2) is 66.7 Å². The lowest BCUT2D eigenvalue weighted by Crippen LogP contribution is -1.99. The van der Waals surface area contributed by atoms with Gasteiger partial charge in [-0.3, -0.25) is 0 Å². The van der Waals surface area contributed by atoms with Gasteiger partial charge in [-0.2, -0.15) is 5.26 Å². The zero-order valence-corrected chi connectivity index (χ0v) is 17.9. The summed E-state index contributed by atoms with van der Waals surface area (Å²) in [5.74, 6) is 3.54. The Morgan fingerprint density at radius 2 is 1.44 bits per heavy atom. The summed E-state index contributed by atoms with van der Waals surface area (Å²) in [7, 11) is 4.74. The fourth-order valence-corrected chi connectivity index (χ4v) is 3.25. The van der Waals surface area contributed by atoms with E-state index in [9.17, 15) is 5.26 Å². The lowest BCUT2D eigenvalue weighted by atomic mass is 10.1. The van der Waals surface area contributed by atoms with Crippen molar-refractivity contribution in [3.8, 4) is 34.8 Å². The van der Waals surface area contributed by atoms with E-state index < -0.39 is 0 Å². The molecule has 3 aromatic carbocycles. The quantitative estimate of drug-likeness (QED) is 0.407. The molecule has 4 aromatic rings.